The molecular weight excluding hydrogens is 516 g/mol. The van der Waals surface area contributed by atoms with E-state index in [0.717, 1.165) is 49.7 Å². The van der Waals surface area contributed by atoms with Crippen LogP contribution in [0, 0.1) is 0 Å². The Kier molecular flexibility index (Phi) is 5.41. The van der Waals surface area contributed by atoms with Crippen LogP contribution in [0.1, 0.15) is 20.7 Å². The summed E-state index contributed by atoms with van der Waals surface area (Å²) in [4.78, 5) is 29.3. The molecule has 4 nitrogen and oxygen atoms in total. The molecule has 0 fully saturated rings. The first-order valence-electron chi connectivity index (χ1n) is 14.0. The second kappa shape index (κ2) is 9.43. The van der Waals surface area contributed by atoms with Gasteiger partial charge in [0.2, 0.25) is 0 Å². The van der Waals surface area contributed by atoms with Crippen LogP contribution >= 0.6 is 0 Å². The summed E-state index contributed by atoms with van der Waals surface area (Å²) in [5.41, 5.74) is 8.17. The van der Waals surface area contributed by atoms with Crippen molar-refractivity contribution in [1.82, 2.24) is 4.57 Å². The van der Waals surface area contributed by atoms with E-state index in [9.17, 15) is 9.59 Å². The third-order valence-corrected chi connectivity index (χ3v) is 8.14. The smallest absolute Gasteiger partial charge is 0.266 e. The fraction of sp³-hybridized carbons (Fsp3) is 0. The largest absolute Gasteiger partial charge is 0.309 e. The van der Waals surface area contributed by atoms with Gasteiger partial charge in [-0.3, -0.25) is 9.59 Å². The van der Waals surface area contributed by atoms with Gasteiger partial charge in [0.05, 0.1) is 27.8 Å². The first-order valence-corrected chi connectivity index (χ1v) is 14.0. The number of rotatable bonds is 4. The summed E-state index contributed by atoms with van der Waals surface area (Å²) in [6.45, 7) is 0. The molecule has 7 aromatic rings. The summed E-state index contributed by atoms with van der Waals surface area (Å²) in [5.74, 6) is -0.609. The first kappa shape index (κ1) is 24.1. The van der Waals surface area contributed by atoms with E-state index in [1.54, 1.807) is 6.07 Å². The van der Waals surface area contributed by atoms with Crippen molar-refractivity contribution >= 4 is 39.3 Å². The molecule has 0 aliphatic carbocycles. The average molecular weight is 541 g/mol. The monoisotopic (exact) mass is 540 g/mol. The summed E-state index contributed by atoms with van der Waals surface area (Å²) in [7, 11) is 0. The second-order valence-corrected chi connectivity index (χ2v) is 10.5. The van der Waals surface area contributed by atoms with E-state index in [1.807, 2.05) is 91.0 Å². The molecule has 1 aromatic heterocycles. The second-order valence-electron chi connectivity index (χ2n) is 10.5. The lowest BCUT2D eigenvalue weighted by Gasteiger charge is -2.18. The maximum atomic E-state index is 14.2. The highest BCUT2D eigenvalue weighted by Gasteiger charge is 2.39. The van der Waals surface area contributed by atoms with Crippen LogP contribution in [0.4, 0.5) is 5.69 Å². The van der Waals surface area contributed by atoms with Crippen LogP contribution in [0.25, 0.3) is 49.7 Å². The Morgan fingerprint density at radius 3 is 1.90 bits per heavy atom. The molecule has 4 heteroatoms. The number of anilines is 1. The summed E-state index contributed by atoms with van der Waals surface area (Å²) in [6, 6.07) is 48.0. The minimum Gasteiger partial charge on any atom is -0.309 e. The molecule has 0 spiro atoms. The molecule has 1 aliphatic rings. The van der Waals surface area contributed by atoms with Crippen molar-refractivity contribution in [1.29, 1.82) is 0 Å². The standard InChI is InChI=1S/C38H24N2O2/c41-37-31-19-11-18-29(36(31)38(42)40(37)33-20-9-7-16-28(33)25-12-3-1-4-13-25)26-22-23-35-32(24-26)30-17-8-10-21-34(30)39(35)27-14-5-2-6-15-27/h1-24H. The number of amides is 2. The van der Waals surface area contributed by atoms with E-state index in [0.29, 0.717) is 16.8 Å². The van der Waals surface area contributed by atoms with Gasteiger partial charge in [0.25, 0.3) is 11.8 Å². The molecular formula is C38H24N2O2. The van der Waals surface area contributed by atoms with Gasteiger partial charge in [-0.2, -0.15) is 0 Å². The van der Waals surface area contributed by atoms with Crippen molar-refractivity contribution in [2.75, 3.05) is 4.90 Å². The molecule has 2 amide bonds. The first-order chi connectivity index (χ1) is 20.7. The van der Waals surface area contributed by atoms with Gasteiger partial charge in [0.15, 0.2) is 0 Å². The van der Waals surface area contributed by atoms with Crippen molar-refractivity contribution in [3.05, 3.63) is 157 Å². The van der Waals surface area contributed by atoms with Crippen molar-refractivity contribution in [3.8, 4) is 27.9 Å². The van der Waals surface area contributed by atoms with Crippen LogP contribution < -0.4 is 4.90 Å². The maximum Gasteiger partial charge on any atom is 0.266 e. The van der Waals surface area contributed by atoms with E-state index in [-0.39, 0.29) is 11.8 Å². The number of fused-ring (bicyclic) bond motifs is 4. The van der Waals surface area contributed by atoms with E-state index in [4.69, 9.17) is 0 Å². The highest BCUT2D eigenvalue weighted by Crippen LogP contribution is 2.41. The number of hydrogen-bond acceptors (Lipinski definition) is 2. The maximum absolute atomic E-state index is 14.2. The number of para-hydroxylation sites is 3. The van der Waals surface area contributed by atoms with Crippen molar-refractivity contribution in [3.63, 3.8) is 0 Å². The fourth-order valence-corrected chi connectivity index (χ4v) is 6.27. The van der Waals surface area contributed by atoms with Crippen LogP contribution in [-0.2, 0) is 0 Å². The number of carbonyl (C=O) groups is 2. The predicted octanol–water partition coefficient (Wildman–Crippen LogP) is 8.92. The zero-order valence-corrected chi connectivity index (χ0v) is 22.6. The van der Waals surface area contributed by atoms with Gasteiger partial charge in [0, 0.05) is 22.0 Å². The topological polar surface area (TPSA) is 42.3 Å². The summed E-state index contributed by atoms with van der Waals surface area (Å²) >= 11 is 0. The minimum absolute atomic E-state index is 0.304. The molecule has 1 aliphatic heterocycles. The van der Waals surface area contributed by atoms with Crippen LogP contribution in [0.2, 0.25) is 0 Å². The highest BCUT2D eigenvalue weighted by molar-refractivity contribution is 6.37. The van der Waals surface area contributed by atoms with Gasteiger partial charge in [-0.15, -0.1) is 0 Å². The third kappa shape index (κ3) is 3.55. The summed E-state index contributed by atoms with van der Waals surface area (Å²) in [6.07, 6.45) is 0. The number of carbonyl (C=O) groups excluding carboxylic acids is 2. The lowest BCUT2D eigenvalue weighted by atomic mass is 9.95. The molecule has 0 unspecified atom stereocenters. The molecule has 0 saturated carbocycles. The fourth-order valence-electron chi connectivity index (χ4n) is 6.27. The molecule has 0 N–H and O–H groups in total. The molecule has 0 saturated heterocycles. The third-order valence-electron chi connectivity index (χ3n) is 8.14. The van der Waals surface area contributed by atoms with E-state index >= 15 is 0 Å². The summed E-state index contributed by atoms with van der Waals surface area (Å²) < 4.78 is 2.26. The zero-order valence-electron chi connectivity index (χ0n) is 22.6. The van der Waals surface area contributed by atoms with Crippen molar-refractivity contribution in [2.24, 2.45) is 0 Å². The quantitative estimate of drug-likeness (QED) is 0.209. The Bertz CT molecular complexity index is 2180. The van der Waals surface area contributed by atoms with Crippen LogP contribution in [0.3, 0.4) is 0 Å². The molecule has 0 atom stereocenters. The van der Waals surface area contributed by atoms with Crippen molar-refractivity contribution < 1.29 is 9.59 Å². The Labute approximate surface area is 242 Å². The zero-order chi connectivity index (χ0) is 28.2. The number of imide groups is 1. The van der Waals surface area contributed by atoms with Crippen molar-refractivity contribution in [2.45, 2.75) is 0 Å². The Morgan fingerprint density at radius 2 is 1.07 bits per heavy atom. The molecule has 198 valence electrons. The minimum atomic E-state index is -0.305. The predicted molar refractivity (Wildman–Crippen MR) is 169 cm³/mol. The Balaban J connectivity index is 1.29. The van der Waals surface area contributed by atoms with Gasteiger partial charge in [-0.05, 0) is 59.2 Å². The Morgan fingerprint density at radius 1 is 0.429 bits per heavy atom. The lowest BCUT2D eigenvalue weighted by molar-refractivity contribution is 0.0926. The van der Waals surface area contributed by atoms with E-state index in [2.05, 4.69) is 53.1 Å². The molecule has 6 aromatic carbocycles. The summed E-state index contributed by atoms with van der Waals surface area (Å²) in [5, 5.41) is 2.22. The number of nitrogens with zero attached hydrogens (tertiary/aromatic N) is 2. The molecule has 0 radical (unpaired) electrons. The Hall–Kier alpha value is -5.74. The van der Waals surface area contributed by atoms with Gasteiger partial charge >= 0.3 is 0 Å². The van der Waals surface area contributed by atoms with Gasteiger partial charge in [0.1, 0.15) is 0 Å². The number of hydrogen-bond donors (Lipinski definition) is 0. The average Bonchev–Trinajstić information content (AvgIpc) is 3.52. The number of aromatic nitrogens is 1. The number of benzene rings is 6. The van der Waals surface area contributed by atoms with E-state index in [1.165, 1.54) is 4.90 Å². The SMILES string of the molecule is O=C1c2cccc(-c3ccc4c(c3)c3ccccc3n4-c3ccccc3)c2C(=O)N1c1ccccc1-c1ccccc1. The van der Waals surface area contributed by atoms with Gasteiger partial charge in [-0.25, -0.2) is 4.90 Å². The van der Waals surface area contributed by atoms with E-state index < -0.39 is 0 Å². The molecule has 42 heavy (non-hydrogen) atoms. The van der Waals surface area contributed by atoms with Crippen LogP contribution in [0.15, 0.2) is 146 Å². The van der Waals surface area contributed by atoms with Gasteiger partial charge < -0.3 is 4.57 Å². The normalized spacial score (nSPS) is 12.8. The molecule has 2 heterocycles. The lowest BCUT2D eigenvalue weighted by Crippen LogP contribution is -2.30. The van der Waals surface area contributed by atoms with Gasteiger partial charge in [-0.1, -0.05) is 103 Å². The highest BCUT2D eigenvalue weighted by atomic mass is 16.2. The van der Waals surface area contributed by atoms with Crippen LogP contribution in [-0.4, -0.2) is 16.4 Å². The van der Waals surface area contributed by atoms with Crippen LogP contribution in [0.5, 0.6) is 0 Å². The molecule has 0 bridgehead atoms. The molecule has 8 rings (SSSR count).